The topological polar surface area (TPSA) is 72.1 Å². The van der Waals surface area contributed by atoms with Gasteiger partial charge < -0.3 is 4.90 Å². The van der Waals surface area contributed by atoms with Crippen molar-refractivity contribution in [2.75, 3.05) is 19.0 Å². The molecule has 0 aliphatic rings. The van der Waals surface area contributed by atoms with Crippen LogP contribution in [0.3, 0.4) is 0 Å². The summed E-state index contributed by atoms with van der Waals surface area (Å²) in [7, 11) is 3.86. The molecule has 0 aliphatic heterocycles. The summed E-state index contributed by atoms with van der Waals surface area (Å²) in [6, 6.07) is 0. The first-order valence-corrected chi connectivity index (χ1v) is 7.62. The average molecular weight is 328 g/mol. The largest absolute Gasteiger partial charge is 0.353 e. The molecule has 0 fully saturated rings. The molecule has 7 nitrogen and oxygen atoms in total. The minimum atomic E-state index is 0.422. The molecule has 0 spiro atoms. The fourth-order valence-corrected chi connectivity index (χ4v) is 3.56. The van der Waals surface area contributed by atoms with Crippen molar-refractivity contribution in [3.63, 3.8) is 0 Å². The van der Waals surface area contributed by atoms with Gasteiger partial charge in [0.2, 0.25) is 5.13 Å². The minimum Gasteiger partial charge on any atom is -0.353 e. The van der Waals surface area contributed by atoms with Crippen LogP contribution in [0, 0.1) is 6.92 Å². The second-order valence-corrected chi connectivity index (χ2v) is 6.70. The van der Waals surface area contributed by atoms with Gasteiger partial charge in [-0.2, -0.15) is 19.6 Å². The molecule has 0 bridgehead atoms. The van der Waals surface area contributed by atoms with Crippen LogP contribution >= 0.6 is 34.7 Å². The molecular formula is C10H10ClN7S2. The molecule has 0 atom stereocenters. The SMILES string of the molecule is Cc1c(Cl)nc2ncnn2c1Sc1nnc(N(C)C)s1. The second kappa shape index (κ2) is 5.15. The van der Waals surface area contributed by atoms with Gasteiger partial charge >= 0.3 is 0 Å². The van der Waals surface area contributed by atoms with Crippen LogP contribution < -0.4 is 4.90 Å². The van der Waals surface area contributed by atoms with Crippen molar-refractivity contribution in [1.29, 1.82) is 0 Å². The third-order valence-corrected chi connectivity index (χ3v) is 5.20. The Bertz CT molecular complexity index is 766. The van der Waals surface area contributed by atoms with Crippen LogP contribution in [-0.2, 0) is 0 Å². The third kappa shape index (κ3) is 2.32. The molecule has 3 aromatic rings. The molecule has 10 heteroatoms. The normalized spacial score (nSPS) is 11.2. The number of halogens is 1. The highest BCUT2D eigenvalue weighted by atomic mass is 35.5. The predicted octanol–water partition coefficient (Wildman–Crippen LogP) is 2.15. The lowest BCUT2D eigenvalue weighted by atomic mass is 10.4. The molecule has 3 rings (SSSR count). The number of hydrogen-bond donors (Lipinski definition) is 0. The zero-order valence-corrected chi connectivity index (χ0v) is 13.3. The highest BCUT2D eigenvalue weighted by Gasteiger charge is 2.16. The zero-order chi connectivity index (χ0) is 14.3. The highest BCUT2D eigenvalue weighted by Crippen LogP contribution is 2.35. The van der Waals surface area contributed by atoms with E-state index in [1.54, 1.807) is 4.52 Å². The van der Waals surface area contributed by atoms with Crippen LogP contribution in [0.15, 0.2) is 15.7 Å². The first-order valence-electron chi connectivity index (χ1n) is 5.61. The molecule has 0 amide bonds. The van der Waals surface area contributed by atoms with Crippen molar-refractivity contribution < 1.29 is 0 Å². The van der Waals surface area contributed by atoms with E-state index in [4.69, 9.17) is 11.6 Å². The molecule has 104 valence electrons. The van der Waals surface area contributed by atoms with E-state index in [1.165, 1.54) is 29.4 Å². The van der Waals surface area contributed by atoms with E-state index in [1.807, 2.05) is 25.9 Å². The Morgan fingerprint density at radius 3 is 2.85 bits per heavy atom. The number of aromatic nitrogens is 6. The number of hydrogen-bond acceptors (Lipinski definition) is 8. The van der Waals surface area contributed by atoms with E-state index in [9.17, 15) is 0 Å². The van der Waals surface area contributed by atoms with Gasteiger partial charge in [0.05, 0.1) is 0 Å². The highest BCUT2D eigenvalue weighted by molar-refractivity contribution is 8.01. The summed E-state index contributed by atoms with van der Waals surface area (Å²) >= 11 is 9.08. The molecule has 0 radical (unpaired) electrons. The lowest BCUT2D eigenvalue weighted by molar-refractivity contribution is 0.824. The number of anilines is 1. The molecule has 0 aliphatic carbocycles. The minimum absolute atomic E-state index is 0.422. The van der Waals surface area contributed by atoms with Gasteiger partial charge in [0.1, 0.15) is 16.5 Å². The fourth-order valence-electron chi connectivity index (χ4n) is 1.50. The lowest BCUT2D eigenvalue weighted by Crippen LogP contribution is -2.07. The van der Waals surface area contributed by atoms with Gasteiger partial charge in [-0.1, -0.05) is 22.9 Å². The van der Waals surface area contributed by atoms with Gasteiger partial charge in [-0.15, -0.1) is 10.2 Å². The van der Waals surface area contributed by atoms with E-state index in [0.717, 1.165) is 20.1 Å². The van der Waals surface area contributed by atoms with Crippen LogP contribution in [0.1, 0.15) is 5.56 Å². The van der Waals surface area contributed by atoms with Crippen LogP contribution in [-0.4, -0.2) is 43.9 Å². The lowest BCUT2D eigenvalue weighted by Gasteiger charge is -2.06. The number of nitrogens with zero attached hydrogens (tertiary/aromatic N) is 7. The van der Waals surface area contributed by atoms with Crippen LogP contribution in [0.25, 0.3) is 5.78 Å². The molecular weight excluding hydrogens is 318 g/mol. The summed E-state index contributed by atoms with van der Waals surface area (Å²) in [5.74, 6) is 0.473. The third-order valence-electron chi connectivity index (χ3n) is 2.51. The van der Waals surface area contributed by atoms with Crippen molar-refractivity contribution >= 4 is 45.6 Å². The molecule has 0 aromatic carbocycles. The number of fused-ring (bicyclic) bond motifs is 1. The van der Waals surface area contributed by atoms with Crippen molar-refractivity contribution in [1.82, 2.24) is 29.8 Å². The Kier molecular flexibility index (Phi) is 3.48. The zero-order valence-electron chi connectivity index (χ0n) is 10.9. The van der Waals surface area contributed by atoms with Crippen molar-refractivity contribution in [2.45, 2.75) is 16.3 Å². The van der Waals surface area contributed by atoms with Gasteiger partial charge in [-0.05, 0) is 18.7 Å². The fraction of sp³-hybridized carbons (Fsp3) is 0.300. The maximum atomic E-state index is 6.13. The Morgan fingerprint density at radius 2 is 2.15 bits per heavy atom. The van der Waals surface area contributed by atoms with Gasteiger partial charge in [0, 0.05) is 19.7 Å². The standard InChI is InChI=1S/C10H10ClN7S2/c1-5-6(11)14-8-12-4-13-18(8)7(5)19-10-16-15-9(20-10)17(2)3/h4H,1-3H3. The van der Waals surface area contributed by atoms with Gasteiger partial charge in [0.15, 0.2) is 4.34 Å². The van der Waals surface area contributed by atoms with Gasteiger partial charge in [-0.3, -0.25) is 0 Å². The molecule has 3 heterocycles. The smallest absolute Gasteiger partial charge is 0.254 e. The molecule has 0 saturated carbocycles. The number of rotatable bonds is 3. The van der Waals surface area contributed by atoms with Crippen molar-refractivity contribution in [2.24, 2.45) is 0 Å². The summed E-state index contributed by atoms with van der Waals surface area (Å²) in [4.78, 5) is 10.1. The van der Waals surface area contributed by atoms with E-state index in [0.29, 0.717) is 10.9 Å². The van der Waals surface area contributed by atoms with Crippen molar-refractivity contribution in [3.8, 4) is 0 Å². The average Bonchev–Trinajstić information content (AvgIpc) is 3.03. The van der Waals surface area contributed by atoms with Gasteiger partial charge in [0.25, 0.3) is 5.78 Å². The molecule has 0 N–H and O–H groups in total. The monoisotopic (exact) mass is 327 g/mol. The Labute approximate surface area is 128 Å². The summed E-state index contributed by atoms with van der Waals surface area (Å²) in [5.41, 5.74) is 0.844. The Morgan fingerprint density at radius 1 is 1.35 bits per heavy atom. The van der Waals surface area contributed by atoms with E-state index < -0.39 is 0 Å². The van der Waals surface area contributed by atoms with Crippen molar-refractivity contribution in [3.05, 3.63) is 17.0 Å². The maximum absolute atomic E-state index is 6.13. The Hall–Kier alpha value is -1.45. The first kappa shape index (κ1) is 13.5. The van der Waals surface area contributed by atoms with E-state index in [-0.39, 0.29) is 0 Å². The maximum Gasteiger partial charge on any atom is 0.254 e. The molecule has 0 unspecified atom stereocenters. The van der Waals surface area contributed by atoms with Gasteiger partial charge in [-0.25, -0.2) is 0 Å². The summed E-state index contributed by atoms with van der Waals surface area (Å²) in [6.45, 7) is 1.90. The van der Waals surface area contributed by atoms with E-state index in [2.05, 4.69) is 25.3 Å². The quantitative estimate of drug-likeness (QED) is 0.682. The van der Waals surface area contributed by atoms with Crippen LogP contribution in [0.2, 0.25) is 5.15 Å². The molecule has 20 heavy (non-hydrogen) atoms. The first-order chi connectivity index (χ1) is 9.56. The summed E-state index contributed by atoms with van der Waals surface area (Å²) < 4.78 is 2.47. The second-order valence-electron chi connectivity index (χ2n) is 4.15. The molecule has 3 aromatic heterocycles. The van der Waals surface area contributed by atoms with E-state index >= 15 is 0 Å². The van der Waals surface area contributed by atoms with Crippen LogP contribution in [0.5, 0.6) is 0 Å². The Balaban J connectivity index is 2.05. The molecule has 0 saturated heterocycles. The summed E-state index contributed by atoms with van der Waals surface area (Å²) in [6.07, 6.45) is 1.45. The summed E-state index contributed by atoms with van der Waals surface area (Å²) in [5, 5.41) is 14.6. The predicted molar refractivity (Wildman–Crippen MR) is 78.9 cm³/mol. The van der Waals surface area contributed by atoms with Crippen LogP contribution in [0.4, 0.5) is 5.13 Å².